The second kappa shape index (κ2) is 5.95. The summed E-state index contributed by atoms with van der Waals surface area (Å²) in [6.07, 6.45) is 0. The summed E-state index contributed by atoms with van der Waals surface area (Å²) in [5.41, 5.74) is 3.36. The smallest absolute Gasteiger partial charge is 0.230 e. The number of ether oxygens (including phenoxy) is 1. The van der Waals surface area contributed by atoms with Gasteiger partial charge >= 0.3 is 0 Å². The second-order valence-electron chi connectivity index (χ2n) is 5.07. The highest BCUT2D eigenvalue weighted by atomic mass is 35.5. The van der Waals surface area contributed by atoms with Gasteiger partial charge in [-0.2, -0.15) is 15.0 Å². The molecule has 0 atom stereocenters. The quantitative estimate of drug-likeness (QED) is 0.853. The molecule has 110 valence electrons. The molecule has 1 aliphatic heterocycles. The number of hydrogen-bond donors (Lipinski definition) is 0. The Bertz CT molecular complexity index is 656. The van der Waals surface area contributed by atoms with Crippen molar-refractivity contribution in [1.82, 2.24) is 15.0 Å². The first-order valence-electron chi connectivity index (χ1n) is 6.96. The van der Waals surface area contributed by atoms with Gasteiger partial charge in [0, 0.05) is 18.7 Å². The summed E-state index contributed by atoms with van der Waals surface area (Å²) in [6, 6.07) is 6.09. The van der Waals surface area contributed by atoms with Crippen LogP contribution in [0.3, 0.4) is 0 Å². The normalized spacial score (nSPS) is 15.3. The van der Waals surface area contributed by atoms with Crippen molar-refractivity contribution < 1.29 is 4.74 Å². The van der Waals surface area contributed by atoms with Gasteiger partial charge in [0.2, 0.25) is 11.2 Å². The number of morpholine rings is 1. The molecule has 0 unspecified atom stereocenters. The fourth-order valence-corrected chi connectivity index (χ4v) is 2.51. The van der Waals surface area contributed by atoms with Gasteiger partial charge in [-0.15, -0.1) is 0 Å². The summed E-state index contributed by atoms with van der Waals surface area (Å²) in [5.74, 6) is 1.24. The number of benzene rings is 1. The van der Waals surface area contributed by atoms with Crippen molar-refractivity contribution in [3.63, 3.8) is 0 Å². The van der Waals surface area contributed by atoms with E-state index < -0.39 is 0 Å². The van der Waals surface area contributed by atoms with Crippen LogP contribution in [-0.2, 0) is 4.74 Å². The van der Waals surface area contributed by atoms with Gasteiger partial charge in [0.25, 0.3) is 0 Å². The first-order valence-corrected chi connectivity index (χ1v) is 7.34. The Labute approximate surface area is 129 Å². The molecule has 2 heterocycles. The maximum Gasteiger partial charge on any atom is 0.230 e. The second-order valence-corrected chi connectivity index (χ2v) is 5.41. The van der Waals surface area contributed by atoms with E-state index in [0.717, 1.165) is 24.2 Å². The summed E-state index contributed by atoms with van der Waals surface area (Å²) < 4.78 is 5.36. The van der Waals surface area contributed by atoms with Gasteiger partial charge in [0.15, 0.2) is 5.82 Å². The first kappa shape index (κ1) is 14.2. The van der Waals surface area contributed by atoms with Crippen LogP contribution in [0.1, 0.15) is 11.1 Å². The van der Waals surface area contributed by atoms with Crippen molar-refractivity contribution in [2.75, 3.05) is 31.2 Å². The van der Waals surface area contributed by atoms with E-state index in [4.69, 9.17) is 16.3 Å². The van der Waals surface area contributed by atoms with Crippen LogP contribution in [0.2, 0.25) is 5.28 Å². The third-order valence-electron chi connectivity index (χ3n) is 3.74. The molecule has 0 radical (unpaired) electrons. The molecule has 1 fully saturated rings. The van der Waals surface area contributed by atoms with E-state index >= 15 is 0 Å². The largest absolute Gasteiger partial charge is 0.378 e. The van der Waals surface area contributed by atoms with Crippen LogP contribution in [0.25, 0.3) is 11.4 Å². The zero-order chi connectivity index (χ0) is 14.8. The van der Waals surface area contributed by atoms with E-state index in [0.29, 0.717) is 25.0 Å². The number of nitrogens with zero attached hydrogens (tertiary/aromatic N) is 4. The molecule has 6 heteroatoms. The average molecular weight is 305 g/mol. The number of halogens is 1. The van der Waals surface area contributed by atoms with Crippen LogP contribution in [0, 0.1) is 13.8 Å². The van der Waals surface area contributed by atoms with Crippen LogP contribution < -0.4 is 4.90 Å². The molecule has 1 aromatic heterocycles. The molecule has 0 amide bonds. The lowest BCUT2D eigenvalue weighted by molar-refractivity contribution is 0.122. The van der Waals surface area contributed by atoms with E-state index in [1.807, 2.05) is 12.1 Å². The highest BCUT2D eigenvalue weighted by Gasteiger charge is 2.17. The lowest BCUT2D eigenvalue weighted by Crippen LogP contribution is -2.37. The summed E-state index contributed by atoms with van der Waals surface area (Å²) in [6.45, 7) is 7.05. The molecular formula is C15H17ClN4O. The Morgan fingerprint density at radius 2 is 1.86 bits per heavy atom. The molecule has 0 N–H and O–H groups in total. The van der Waals surface area contributed by atoms with Gasteiger partial charge in [-0.3, -0.25) is 0 Å². The van der Waals surface area contributed by atoms with Crippen molar-refractivity contribution in [3.05, 3.63) is 34.6 Å². The number of anilines is 1. The number of aryl methyl sites for hydroxylation is 1. The standard InChI is InChI=1S/C15H17ClN4O/c1-10-4-3-5-12(11(10)2)13-17-14(16)19-15(18-13)20-6-8-21-9-7-20/h3-5H,6-9H2,1-2H3. The highest BCUT2D eigenvalue weighted by molar-refractivity contribution is 6.28. The summed E-state index contributed by atoms with van der Waals surface area (Å²) >= 11 is 6.09. The predicted molar refractivity (Wildman–Crippen MR) is 82.8 cm³/mol. The maximum absolute atomic E-state index is 6.09. The van der Waals surface area contributed by atoms with Gasteiger partial charge in [-0.05, 0) is 36.6 Å². The minimum absolute atomic E-state index is 0.224. The zero-order valence-corrected chi connectivity index (χ0v) is 12.9. The minimum Gasteiger partial charge on any atom is -0.378 e. The molecule has 0 aliphatic carbocycles. The number of rotatable bonds is 2. The molecule has 21 heavy (non-hydrogen) atoms. The minimum atomic E-state index is 0.224. The molecule has 0 saturated carbocycles. The van der Waals surface area contributed by atoms with E-state index in [9.17, 15) is 0 Å². The molecule has 1 aliphatic rings. The van der Waals surface area contributed by atoms with E-state index in [1.165, 1.54) is 5.56 Å². The zero-order valence-electron chi connectivity index (χ0n) is 12.1. The Hall–Kier alpha value is -1.72. The fraction of sp³-hybridized carbons (Fsp3) is 0.400. The lowest BCUT2D eigenvalue weighted by atomic mass is 10.0. The van der Waals surface area contributed by atoms with Crippen molar-refractivity contribution >= 4 is 17.5 Å². The SMILES string of the molecule is Cc1cccc(-c2nc(Cl)nc(N3CCOCC3)n2)c1C. The van der Waals surface area contributed by atoms with Crippen molar-refractivity contribution in [1.29, 1.82) is 0 Å². The summed E-state index contributed by atoms with van der Waals surface area (Å²) in [5, 5.41) is 0.224. The topological polar surface area (TPSA) is 51.1 Å². The fourth-order valence-electron chi connectivity index (χ4n) is 2.36. The van der Waals surface area contributed by atoms with Gasteiger partial charge in [-0.1, -0.05) is 18.2 Å². The molecule has 3 rings (SSSR count). The van der Waals surface area contributed by atoms with Crippen LogP contribution in [0.15, 0.2) is 18.2 Å². The van der Waals surface area contributed by atoms with Gasteiger partial charge in [0.05, 0.1) is 13.2 Å². The highest BCUT2D eigenvalue weighted by Crippen LogP contribution is 2.25. The van der Waals surface area contributed by atoms with Gasteiger partial charge in [-0.25, -0.2) is 0 Å². The Morgan fingerprint density at radius 1 is 1.10 bits per heavy atom. The lowest BCUT2D eigenvalue weighted by Gasteiger charge is -2.26. The van der Waals surface area contributed by atoms with Gasteiger partial charge in [0.1, 0.15) is 0 Å². The van der Waals surface area contributed by atoms with Crippen LogP contribution in [0.5, 0.6) is 0 Å². The van der Waals surface area contributed by atoms with E-state index in [2.05, 4.69) is 39.8 Å². The van der Waals surface area contributed by atoms with Crippen molar-refractivity contribution in [3.8, 4) is 11.4 Å². The Balaban J connectivity index is 2.03. The van der Waals surface area contributed by atoms with Crippen molar-refractivity contribution in [2.24, 2.45) is 0 Å². The molecule has 0 bridgehead atoms. The van der Waals surface area contributed by atoms with Crippen LogP contribution >= 0.6 is 11.6 Å². The molecule has 0 spiro atoms. The maximum atomic E-state index is 6.09. The van der Waals surface area contributed by atoms with Crippen LogP contribution in [0.4, 0.5) is 5.95 Å². The summed E-state index contributed by atoms with van der Waals surface area (Å²) in [4.78, 5) is 15.2. The Morgan fingerprint density at radius 3 is 2.62 bits per heavy atom. The number of aromatic nitrogens is 3. The molecule has 2 aromatic rings. The van der Waals surface area contributed by atoms with Crippen molar-refractivity contribution in [2.45, 2.75) is 13.8 Å². The molecule has 1 aromatic carbocycles. The predicted octanol–water partition coefficient (Wildman–Crippen LogP) is 2.65. The van der Waals surface area contributed by atoms with E-state index in [1.54, 1.807) is 0 Å². The first-order chi connectivity index (χ1) is 10.1. The monoisotopic (exact) mass is 304 g/mol. The number of hydrogen-bond acceptors (Lipinski definition) is 5. The van der Waals surface area contributed by atoms with E-state index in [-0.39, 0.29) is 5.28 Å². The summed E-state index contributed by atoms with van der Waals surface area (Å²) in [7, 11) is 0. The van der Waals surface area contributed by atoms with Gasteiger partial charge < -0.3 is 9.64 Å². The molecule has 1 saturated heterocycles. The third kappa shape index (κ3) is 2.99. The molecular weight excluding hydrogens is 288 g/mol. The molecule has 5 nitrogen and oxygen atoms in total. The van der Waals surface area contributed by atoms with Crippen LogP contribution in [-0.4, -0.2) is 41.3 Å². The third-order valence-corrected chi connectivity index (χ3v) is 3.90. The Kier molecular flexibility index (Phi) is 4.03. The average Bonchev–Trinajstić information content (AvgIpc) is 2.50.